The Bertz CT molecular complexity index is 815. The van der Waals surface area contributed by atoms with Gasteiger partial charge >= 0.3 is 0 Å². The number of amides is 1. The number of nitrogens with zero attached hydrogens (tertiary/aromatic N) is 2. The molecule has 0 aromatic heterocycles. The number of likely N-dealkylation sites (tertiary alicyclic amines) is 1. The molecular weight excluding hydrogens is 360 g/mol. The summed E-state index contributed by atoms with van der Waals surface area (Å²) in [5.74, 6) is -1.22. The summed E-state index contributed by atoms with van der Waals surface area (Å²) in [7, 11) is 1.69. The fourth-order valence-electron chi connectivity index (χ4n) is 3.92. The molecule has 1 unspecified atom stereocenters. The van der Waals surface area contributed by atoms with Crippen LogP contribution in [-0.2, 0) is 4.79 Å². The number of hydrogen-bond acceptors (Lipinski definition) is 3. The minimum Gasteiger partial charge on any atom is -0.338 e. The Morgan fingerprint density at radius 2 is 1.89 bits per heavy atom. The number of likely N-dealkylation sites (N-methyl/N-ethyl adjacent to an activating group) is 1. The molecule has 0 spiro atoms. The largest absolute Gasteiger partial charge is 0.338 e. The van der Waals surface area contributed by atoms with Crippen LogP contribution in [-0.4, -0.2) is 48.9 Å². The summed E-state index contributed by atoms with van der Waals surface area (Å²) < 4.78 is 26.7. The third-order valence-electron chi connectivity index (χ3n) is 5.81. The van der Waals surface area contributed by atoms with Crippen molar-refractivity contribution in [3.05, 3.63) is 71.3 Å². The zero-order valence-electron chi connectivity index (χ0n) is 16.3. The van der Waals surface area contributed by atoms with Gasteiger partial charge in [-0.05, 0) is 42.6 Å². The molecule has 2 N–H and O–H groups in total. The first-order chi connectivity index (χ1) is 13.4. The Labute approximate surface area is 164 Å². The SMILES string of the molecule is CC(c1ccc(F)c(F)c1)N(C)C(=O)CN1C[C@@H](CN)[C@H](c2ccccc2)C1. The van der Waals surface area contributed by atoms with Crippen molar-refractivity contribution in [2.45, 2.75) is 18.9 Å². The van der Waals surface area contributed by atoms with E-state index in [1.807, 2.05) is 25.1 Å². The topological polar surface area (TPSA) is 49.6 Å². The molecule has 0 saturated carbocycles. The maximum absolute atomic E-state index is 13.5. The second-order valence-corrected chi connectivity index (χ2v) is 7.56. The molecule has 2 aromatic carbocycles. The van der Waals surface area contributed by atoms with Gasteiger partial charge in [0.05, 0.1) is 12.6 Å². The molecule has 3 atom stereocenters. The first kappa shape index (κ1) is 20.4. The Hall–Kier alpha value is -2.31. The summed E-state index contributed by atoms with van der Waals surface area (Å²) in [5.41, 5.74) is 7.79. The van der Waals surface area contributed by atoms with Crippen molar-refractivity contribution in [2.24, 2.45) is 11.7 Å². The number of rotatable bonds is 6. The number of hydrogen-bond donors (Lipinski definition) is 1. The normalized spacial score (nSPS) is 20.9. The number of nitrogens with two attached hydrogens (primary N) is 1. The molecule has 1 aliphatic rings. The van der Waals surface area contributed by atoms with E-state index >= 15 is 0 Å². The summed E-state index contributed by atoms with van der Waals surface area (Å²) in [6, 6.07) is 13.7. The molecule has 1 amide bonds. The van der Waals surface area contributed by atoms with E-state index in [1.165, 1.54) is 11.6 Å². The molecule has 2 aromatic rings. The summed E-state index contributed by atoms with van der Waals surface area (Å²) >= 11 is 0. The van der Waals surface area contributed by atoms with Crippen LogP contribution in [0.15, 0.2) is 48.5 Å². The highest BCUT2D eigenvalue weighted by Gasteiger charge is 2.34. The molecule has 150 valence electrons. The molecule has 4 nitrogen and oxygen atoms in total. The van der Waals surface area contributed by atoms with E-state index in [-0.39, 0.29) is 18.5 Å². The van der Waals surface area contributed by atoms with Crippen LogP contribution in [0, 0.1) is 17.6 Å². The summed E-state index contributed by atoms with van der Waals surface area (Å²) in [6.45, 7) is 4.22. The zero-order chi connectivity index (χ0) is 20.3. The van der Waals surface area contributed by atoms with Crippen molar-refractivity contribution < 1.29 is 13.6 Å². The molecule has 1 fully saturated rings. The third kappa shape index (κ3) is 4.39. The predicted molar refractivity (Wildman–Crippen MR) is 106 cm³/mol. The van der Waals surface area contributed by atoms with E-state index in [0.29, 0.717) is 23.9 Å². The van der Waals surface area contributed by atoms with Gasteiger partial charge in [-0.3, -0.25) is 9.69 Å². The van der Waals surface area contributed by atoms with Crippen molar-refractivity contribution in [2.75, 3.05) is 33.2 Å². The lowest BCUT2D eigenvalue weighted by molar-refractivity contribution is -0.132. The lowest BCUT2D eigenvalue weighted by atomic mass is 9.89. The van der Waals surface area contributed by atoms with Gasteiger partial charge in [-0.25, -0.2) is 8.78 Å². The van der Waals surface area contributed by atoms with Crippen LogP contribution >= 0.6 is 0 Å². The van der Waals surface area contributed by atoms with Crippen molar-refractivity contribution >= 4 is 5.91 Å². The fourth-order valence-corrected chi connectivity index (χ4v) is 3.92. The summed E-state index contributed by atoms with van der Waals surface area (Å²) in [5, 5.41) is 0. The van der Waals surface area contributed by atoms with E-state index in [2.05, 4.69) is 17.0 Å². The van der Waals surface area contributed by atoms with Crippen LogP contribution in [0.25, 0.3) is 0 Å². The highest BCUT2D eigenvalue weighted by Crippen LogP contribution is 2.32. The van der Waals surface area contributed by atoms with Crippen molar-refractivity contribution in [3.8, 4) is 0 Å². The average molecular weight is 387 g/mol. The minimum atomic E-state index is -0.902. The Kier molecular flexibility index (Phi) is 6.42. The third-order valence-corrected chi connectivity index (χ3v) is 5.81. The fraction of sp³-hybridized carbons (Fsp3) is 0.409. The maximum atomic E-state index is 13.5. The average Bonchev–Trinajstić information content (AvgIpc) is 3.12. The number of carbonyl (C=O) groups is 1. The van der Waals surface area contributed by atoms with Gasteiger partial charge in [0.25, 0.3) is 0 Å². The van der Waals surface area contributed by atoms with Gasteiger partial charge in [0, 0.05) is 26.1 Å². The standard InChI is InChI=1S/C22H27F2N3O/c1-15(17-8-9-20(23)21(24)10-17)26(2)22(28)14-27-12-18(11-25)19(13-27)16-6-4-3-5-7-16/h3-10,15,18-19H,11-14,25H2,1-2H3/t15?,18-,19+/m1/s1. The maximum Gasteiger partial charge on any atom is 0.236 e. The predicted octanol–water partition coefficient (Wildman–Crippen LogP) is 3.16. The number of carbonyl (C=O) groups excluding carboxylic acids is 1. The van der Waals surface area contributed by atoms with E-state index in [4.69, 9.17) is 5.73 Å². The van der Waals surface area contributed by atoms with E-state index in [1.54, 1.807) is 11.9 Å². The molecule has 0 radical (unpaired) electrons. The van der Waals surface area contributed by atoms with E-state index in [0.717, 1.165) is 25.2 Å². The van der Waals surface area contributed by atoms with Gasteiger partial charge in [0.15, 0.2) is 11.6 Å². The lowest BCUT2D eigenvalue weighted by Gasteiger charge is -2.27. The molecule has 1 aliphatic heterocycles. The van der Waals surface area contributed by atoms with Crippen LogP contribution in [0.1, 0.15) is 30.0 Å². The van der Waals surface area contributed by atoms with Crippen molar-refractivity contribution in [1.29, 1.82) is 0 Å². The van der Waals surface area contributed by atoms with Crippen LogP contribution in [0.2, 0.25) is 0 Å². The molecule has 1 saturated heterocycles. The second kappa shape index (κ2) is 8.80. The Morgan fingerprint density at radius 3 is 2.54 bits per heavy atom. The van der Waals surface area contributed by atoms with E-state index in [9.17, 15) is 13.6 Å². The quantitative estimate of drug-likeness (QED) is 0.828. The van der Waals surface area contributed by atoms with Gasteiger partial charge in [-0.1, -0.05) is 36.4 Å². The minimum absolute atomic E-state index is 0.0540. The lowest BCUT2D eigenvalue weighted by Crippen LogP contribution is -2.39. The van der Waals surface area contributed by atoms with Crippen LogP contribution in [0.3, 0.4) is 0 Å². The number of benzene rings is 2. The van der Waals surface area contributed by atoms with Gasteiger partial charge in [0.1, 0.15) is 0 Å². The summed E-state index contributed by atoms with van der Waals surface area (Å²) in [4.78, 5) is 16.5. The molecular formula is C22H27F2N3O. The summed E-state index contributed by atoms with van der Waals surface area (Å²) in [6.07, 6.45) is 0. The van der Waals surface area contributed by atoms with Crippen molar-refractivity contribution in [1.82, 2.24) is 9.80 Å². The van der Waals surface area contributed by atoms with Gasteiger partial charge < -0.3 is 10.6 Å². The second-order valence-electron chi connectivity index (χ2n) is 7.56. The van der Waals surface area contributed by atoms with Crippen molar-refractivity contribution in [3.63, 3.8) is 0 Å². The molecule has 0 aliphatic carbocycles. The molecule has 6 heteroatoms. The number of halogens is 2. The van der Waals surface area contributed by atoms with Crippen LogP contribution in [0.4, 0.5) is 8.78 Å². The first-order valence-corrected chi connectivity index (χ1v) is 9.58. The smallest absolute Gasteiger partial charge is 0.236 e. The molecule has 3 rings (SSSR count). The molecule has 28 heavy (non-hydrogen) atoms. The Balaban J connectivity index is 1.64. The molecule has 1 heterocycles. The monoisotopic (exact) mass is 387 g/mol. The Morgan fingerprint density at radius 1 is 1.18 bits per heavy atom. The first-order valence-electron chi connectivity index (χ1n) is 9.58. The molecule has 0 bridgehead atoms. The highest BCUT2D eigenvalue weighted by molar-refractivity contribution is 5.78. The van der Waals surface area contributed by atoms with Crippen LogP contribution in [0.5, 0.6) is 0 Å². The highest BCUT2D eigenvalue weighted by atomic mass is 19.2. The van der Waals surface area contributed by atoms with Gasteiger partial charge in [-0.2, -0.15) is 0 Å². The zero-order valence-corrected chi connectivity index (χ0v) is 16.3. The van der Waals surface area contributed by atoms with Gasteiger partial charge in [0.2, 0.25) is 5.91 Å². The van der Waals surface area contributed by atoms with Crippen LogP contribution < -0.4 is 5.73 Å². The van der Waals surface area contributed by atoms with E-state index < -0.39 is 11.6 Å². The van der Waals surface area contributed by atoms with Gasteiger partial charge in [-0.15, -0.1) is 0 Å².